The highest BCUT2D eigenvalue weighted by atomic mass is 19.2. The summed E-state index contributed by atoms with van der Waals surface area (Å²) in [6.07, 6.45) is 6.39. The minimum Gasteiger partial charge on any atom is -0.389 e. The Labute approximate surface area is 212 Å². The van der Waals surface area contributed by atoms with Gasteiger partial charge < -0.3 is 15.7 Å². The number of nitrogens with one attached hydrogen (secondary N) is 2. The summed E-state index contributed by atoms with van der Waals surface area (Å²) in [6, 6.07) is 10.1. The van der Waals surface area contributed by atoms with Gasteiger partial charge in [0.25, 0.3) is 0 Å². The summed E-state index contributed by atoms with van der Waals surface area (Å²) in [5, 5.41) is 15.8. The van der Waals surface area contributed by atoms with Gasteiger partial charge in [0, 0.05) is 29.9 Å². The molecule has 0 aliphatic heterocycles. The maximum absolute atomic E-state index is 13.9. The van der Waals surface area contributed by atoms with E-state index in [2.05, 4.69) is 20.6 Å². The Balaban J connectivity index is 0.000000469. The Morgan fingerprint density at radius 2 is 1.76 bits per heavy atom. The number of aromatic nitrogens is 3. The number of amides is 1. The highest BCUT2D eigenvalue weighted by Crippen LogP contribution is 2.29. The summed E-state index contributed by atoms with van der Waals surface area (Å²) < 4.78 is 42.9. The van der Waals surface area contributed by atoms with E-state index in [0.717, 1.165) is 35.4 Å². The van der Waals surface area contributed by atoms with Crippen LogP contribution >= 0.6 is 0 Å². The summed E-state index contributed by atoms with van der Waals surface area (Å²) in [6.45, 7) is 5.42. The minimum atomic E-state index is -1.53. The van der Waals surface area contributed by atoms with Gasteiger partial charge in [-0.3, -0.25) is 9.20 Å². The van der Waals surface area contributed by atoms with E-state index < -0.39 is 23.1 Å². The molecule has 1 amide bonds. The lowest BCUT2D eigenvalue weighted by molar-refractivity contribution is -0.109. The topological polar surface area (TPSA) is 91.6 Å². The van der Waals surface area contributed by atoms with Gasteiger partial charge in [0.05, 0.1) is 23.2 Å². The average Bonchev–Trinajstić information content (AvgIpc) is 3.57. The van der Waals surface area contributed by atoms with Crippen molar-refractivity contribution in [1.82, 2.24) is 19.7 Å². The van der Waals surface area contributed by atoms with Crippen molar-refractivity contribution in [2.24, 2.45) is 0 Å². The molecule has 0 radical (unpaired) electrons. The van der Waals surface area contributed by atoms with Crippen LogP contribution in [0.5, 0.6) is 0 Å². The molecule has 0 unspecified atom stereocenters. The third-order valence-corrected chi connectivity index (χ3v) is 5.69. The molecule has 0 atom stereocenters. The first kappa shape index (κ1) is 26.2. The summed E-state index contributed by atoms with van der Waals surface area (Å²) >= 11 is 0. The maximum Gasteiger partial charge on any atom is 0.207 e. The smallest absolute Gasteiger partial charge is 0.207 e. The van der Waals surface area contributed by atoms with E-state index >= 15 is 0 Å². The zero-order valence-electron chi connectivity index (χ0n) is 20.7. The monoisotopic (exact) mass is 511 g/mol. The summed E-state index contributed by atoms with van der Waals surface area (Å²) in [5.41, 5.74) is 2.47. The van der Waals surface area contributed by atoms with Crippen molar-refractivity contribution in [1.29, 1.82) is 0 Å². The third-order valence-electron chi connectivity index (χ3n) is 5.69. The molecule has 7 nitrogen and oxygen atoms in total. The number of aryl methyl sites for hydroxylation is 1. The van der Waals surface area contributed by atoms with E-state index in [4.69, 9.17) is 0 Å². The average molecular weight is 512 g/mol. The van der Waals surface area contributed by atoms with Crippen molar-refractivity contribution in [3.63, 3.8) is 0 Å². The van der Waals surface area contributed by atoms with Crippen LogP contribution in [-0.2, 0) is 4.79 Å². The number of hydrogen-bond acceptors (Lipinski definition) is 5. The zero-order chi connectivity index (χ0) is 26.7. The van der Waals surface area contributed by atoms with Gasteiger partial charge in [-0.15, -0.1) is 0 Å². The predicted molar refractivity (Wildman–Crippen MR) is 135 cm³/mol. The molecule has 0 bridgehead atoms. The molecule has 10 heteroatoms. The van der Waals surface area contributed by atoms with Gasteiger partial charge in [-0.05, 0) is 45.7 Å². The lowest BCUT2D eigenvalue weighted by Gasteiger charge is -2.19. The van der Waals surface area contributed by atoms with Crippen molar-refractivity contribution < 1.29 is 23.1 Å². The number of fused-ring (bicyclic) bond motifs is 1. The number of hydrogen-bond donors (Lipinski definition) is 3. The van der Waals surface area contributed by atoms with Crippen LogP contribution in [0.15, 0.2) is 48.8 Å². The Morgan fingerprint density at radius 3 is 2.30 bits per heavy atom. The van der Waals surface area contributed by atoms with Crippen molar-refractivity contribution in [2.75, 3.05) is 11.9 Å². The fourth-order valence-electron chi connectivity index (χ4n) is 3.53. The first-order valence-electron chi connectivity index (χ1n) is 11.8. The Morgan fingerprint density at radius 1 is 1.11 bits per heavy atom. The van der Waals surface area contributed by atoms with Crippen LogP contribution < -0.4 is 10.6 Å². The number of nitrogens with zero attached hydrogens (tertiary/aromatic N) is 3. The fourth-order valence-corrected chi connectivity index (χ4v) is 3.53. The molecule has 2 heterocycles. The normalized spacial score (nSPS) is 13.2. The van der Waals surface area contributed by atoms with Gasteiger partial charge >= 0.3 is 0 Å². The van der Waals surface area contributed by atoms with Gasteiger partial charge in [-0.2, -0.15) is 0 Å². The number of imidazole rings is 1. The lowest BCUT2D eigenvalue weighted by atomic mass is 10.1. The summed E-state index contributed by atoms with van der Waals surface area (Å²) in [7, 11) is 0. The maximum atomic E-state index is 13.9. The molecule has 1 aliphatic rings. The quantitative estimate of drug-likeness (QED) is 0.243. The Bertz CT molecular complexity index is 1390. The van der Waals surface area contributed by atoms with Gasteiger partial charge in [0.15, 0.2) is 28.9 Å². The molecule has 37 heavy (non-hydrogen) atoms. The van der Waals surface area contributed by atoms with Crippen LogP contribution in [0, 0.1) is 24.4 Å². The first-order valence-corrected chi connectivity index (χ1v) is 11.8. The molecule has 0 saturated heterocycles. The van der Waals surface area contributed by atoms with E-state index in [-0.39, 0.29) is 17.8 Å². The molecule has 3 N–H and O–H groups in total. The van der Waals surface area contributed by atoms with Crippen LogP contribution in [-0.4, -0.2) is 44.1 Å². The number of carbonyl (C=O) groups excluding carboxylic acids is 1. The highest BCUT2D eigenvalue weighted by molar-refractivity contribution is 5.74. The van der Waals surface area contributed by atoms with Crippen LogP contribution in [0.1, 0.15) is 32.3 Å². The highest BCUT2D eigenvalue weighted by Gasteiger charge is 2.20. The Kier molecular flexibility index (Phi) is 7.49. The lowest BCUT2D eigenvalue weighted by Crippen LogP contribution is -2.29. The minimum absolute atomic E-state index is 0.0770. The van der Waals surface area contributed by atoms with Crippen molar-refractivity contribution in [3.05, 3.63) is 71.8 Å². The van der Waals surface area contributed by atoms with E-state index in [9.17, 15) is 23.1 Å². The molecular formula is C27H28F3N5O2. The number of anilines is 1. The second kappa shape index (κ2) is 10.6. The second-order valence-electron chi connectivity index (χ2n) is 9.66. The second-order valence-corrected chi connectivity index (χ2v) is 9.66. The first-order chi connectivity index (χ1) is 17.6. The van der Waals surface area contributed by atoms with Crippen molar-refractivity contribution >= 4 is 17.9 Å². The number of benzene rings is 2. The molecule has 2 aromatic heterocycles. The molecule has 0 spiro atoms. The number of aliphatic hydroxyl groups is 1. The van der Waals surface area contributed by atoms with Gasteiger partial charge in [-0.25, -0.2) is 23.1 Å². The number of rotatable bonds is 7. The van der Waals surface area contributed by atoms with Crippen LogP contribution in [0.3, 0.4) is 0 Å². The standard InChI is InChI=1S/C23H21F3N4O.C4H7NO/c1-13-4-6-14(7-5-13)19-10-27-22-21(28-12-23(2,3)31)29-18(11-30(19)22)15-8-16(24)20(26)17(25)9-15;6-3-5-4-1-2-4/h4-11,31H,12H2,1-3H3,(H,28,29);3-4H,1-2H2,(H,5,6). The van der Waals surface area contributed by atoms with E-state index in [1.54, 1.807) is 30.6 Å². The van der Waals surface area contributed by atoms with Crippen LogP contribution in [0.4, 0.5) is 19.0 Å². The molecular weight excluding hydrogens is 483 g/mol. The predicted octanol–water partition coefficient (Wildman–Crippen LogP) is 4.87. The van der Waals surface area contributed by atoms with Gasteiger partial charge in [0.1, 0.15) is 0 Å². The van der Waals surface area contributed by atoms with E-state index in [1.165, 1.54) is 12.8 Å². The third kappa shape index (κ3) is 6.45. The Hall–Kier alpha value is -3.92. The zero-order valence-corrected chi connectivity index (χ0v) is 20.7. The molecule has 4 aromatic rings. The number of carbonyl (C=O) groups is 1. The van der Waals surface area contributed by atoms with E-state index in [1.807, 2.05) is 31.2 Å². The van der Waals surface area contributed by atoms with Crippen molar-refractivity contribution in [2.45, 2.75) is 45.3 Å². The molecule has 1 fully saturated rings. The van der Waals surface area contributed by atoms with Crippen LogP contribution in [0.2, 0.25) is 0 Å². The SMILES string of the molecule is Cc1ccc(-c2cnc3c(NCC(C)(C)O)nc(-c4cc(F)c(F)c(F)c4)cn23)cc1.O=CNC1CC1. The molecule has 5 rings (SSSR count). The fraction of sp³-hybridized carbons (Fsp3) is 0.296. The summed E-state index contributed by atoms with van der Waals surface area (Å²) in [4.78, 5) is 18.4. The van der Waals surface area contributed by atoms with Crippen molar-refractivity contribution in [3.8, 4) is 22.5 Å². The molecule has 194 valence electrons. The van der Waals surface area contributed by atoms with E-state index in [0.29, 0.717) is 17.5 Å². The van der Waals surface area contributed by atoms with Gasteiger partial charge in [0.2, 0.25) is 6.41 Å². The molecule has 2 aromatic carbocycles. The van der Waals surface area contributed by atoms with Crippen LogP contribution in [0.25, 0.3) is 28.2 Å². The molecule has 1 saturated carbocycles. The summed E-state index contributed by atoms with van der Waals surface area (Å²) in [5.74, 6) is -3.81. The number of halogens is 3. The molecule has 1 aliphatic carbocycles. The largest absolute Gasteiger partial charge is 0.389 e. The van der Waals surface area contributed by atoms with Gasteiger partial charge in [-0.1, -0.05) is 29.8 Å².